The van der Waals surface area contributed by atoms with E-state index in [-0.39, 0.29) is 41.4 Å². The molecule has 0 saturated carbocycles. The van der Waals surface area contributed by atoms with Gasteiger partial charge in [-0.15, -0.1) is 0 Å². The van der Waals surface area contributed by atoms with Gasteiger partial charge in [0.05, 0.1) is 18.1 Å². The molecule has 2 aliphatic heterocycles. The van der Waals surface area contributed by atoms with E-state index in [1.807, 2.05) is 23.1 Å². The van der Waals surface area contributed by atoms with Crippen LogP contribution in [0, 0.1) is 0 Å². The summed E-state index contributed by atoms with van der Waals surface area (Å²) >= 11 is 0. The van der Waals surface area contributed by atoms with E-state index >= 15 is 0 Å². The lowest BCUT2D eigenvalue weighted by Gasteiger charge is -2.35. The molecule has 2 aliphatic rings. The van der Waals surface area contributed by atoms with Crippen molar-refractivity contribution in [2.75, 3.05) is 40.1 Å². The molecule has 1 saturated heterocycles. The molecule has 3 heterocycles. The van der Waals surface area contributed by atoms with Crippen molar-refractivity contribution in [1.82, 2.24) is 9.80 Å². The van der Waals surface area contributed by atoms with E-state index in [4.69, 9.17) is 23.4 Å². The highest BCUT2D eigenvalue weighted by molar-refractivity contribution is 5.83. The van der Waals surface area contributed by atoms with E-state index < -0.39 is 23.1 Å². The Bertz CT molecular complexity index is 1680. The topological polar surface area (TPSA) is 93.8 Å². The Morgan fingerprint density at radius 1 is 0.905 bits per heavy atom. The van der Waals surface area contributed by atoms with Crippen LogP contribution < -0.4 is 24.4 Å². The van der Waals surface area contributed by atoms with E-state index in [0.29, 0.717) is 44.2 Å². The van der Waals surface area contributed by atoms with Crippen LogP contribution in [0.1, 0.15) is 16.9 Å². The molecular weight excluding hydrogens is 557 g/mol. The number of nitrogens with zero attached hydrogens (tertiary/aromatic N) is 2. The first-order valence-electron chi connectivity index (χ1n) is 13.2. The van der Waals surface area contributed by atoms with Gasteiger partial charge in [0.25, 0.3) is 5.76 Å². The second-order valence-electron chi connectivity index (χ2n) is 10.0. The molecule has 3 aromatic carbocycles. The van der Waals surface area contributed by atoms with Gasteiger partial charge in [0.2, 0.25) is 18.0 Å². The summed E-state index contributed by atoms with van der Waals surface area (Å²) in [5, 5.41) is 10.5. The van der Waals surface area contributed by atoms with Crippen LogP contribution >= 0.6 is 0 Å². The number of piperazine rings is 1. The van der Waals surface area contributed by atoms with Crippen LogP contribution in [0.25, 0.3) is 11.0 Å². The zero-order valence-electron chi connectivity index (χ0n) is 22.6. The second-order valence-corrected chi connectivity index (χ2v) is 10.0. The van der Waals surface area contributed by atoms with Crippen LogP contribution in [0.5, 0.6) is 34.5 Å². The minimum Gasteiger partial charge on any atom is -0.507 e. The number of rotatable bonds is 7. The first-order chi connectivity index (χ1) is 20.2. The molecule has 12 heteroatoms. The zero-order chi connectivity index (χ0) is 29.4. The average molecular weight is 585 g/mol. The fourth-order valence-corrected chi connectivity index (χ4v) is 5.13. The molecule has 1 aromatic heterocycles. The maximum absolute atomic E-state index is 14.2. The molecule has 6 rings (SSSR count). The highest BCUT2D eigenvalue weighted by Gasteiger charge is 2.41. The Kier molecular flexibility index (Phi) is 7.33. The Labute approximate surface area is 238 Å². The Morgan fingerprint density at radius 3 is 2.36 bits per heavy atom. The van der Waals surface area contributed by atoms with E-state index in [1.54, 1.807) is 6.07 Å². The largest absolute Gasteiger partial charge is 0.507 e. The molecular formula is C30H27F3N2O7. The van der Waals surface area contributed by atoms with Gasteiger partial charge in [0.15, 0.2) is 11.5 Å². The van der Waals surface area contributed by atoms with E-state index in [2.05, 4.69) is 4.90 Å². The third kappa shape index (κ3) is 5.55. The highest BCUT2D eigenvalue weighted by Crippen LogP contribution is 2.40. The third-order valence-electron chi connectivity index (χ3n) is 7.31. The summed E-state index contributed by atoms with van der Waals surface area (Å²) in [4.78, 5) is 17.6. The summed E-state index contributed by atoms with van der Waals surface area (Å²) in [6.45, 7) is 3.56. The van der Waals surface area contributed by atoms with Crippen molar-refractivity contribution in [2.45, 2.75) is 19.3 Å². The number of halogens is 3. The highest BCUT2D eigenvalue weighted by atomic mass is 19.4. The molecule has 0 unspecified atom stereocenters. The van der Waals surface area contributed by atoms with Gasteiger partial charge in [-0.2, -0.15) is 13.2 Å². The lowest BCUT2D eigenvalue weighted by atomic mass is 10.1. The molecule has 42 heavy (non-hydrogen) atoms. The van der Waals surface area contributed by atoms with Gasteiger partial charge in [-0.05, 0) is 42.0 Å². The number of benzene rings is 3. The lowest BCUT2D eigenvalue weighted by molar-refractivity contribution is -0.154. The van der Waals surface area contributed by atoms with Crippen molar-refractivity contribution in [3.63, 3.8) is 0 Å². The van der Waals surface area contributed by atoms with Crippen LogP contribution in [0.2, 0.25) is 0 Å². The van der Waals surface area contributed by atoms with Gasteiger partial charge in [0, 0.05) is 45.3 Å². The molecule has 0 aliphatic carbocycles. The third-order valence-corrected chi connectivity index (χ3v) is 7.31. The first-order valence-corrected chi connectivity index (χ1v) is 13.2. The number of aromatic hydroxyl groups is 1. The SMILES string of the molecule is COc1cccc(Oc2c(C(F)(F)F)oc3c(CN4CCN(Cc5ccc6c(c5)OCO6)CC4)c(O)ccc3c2=O)c1. The molecule has 0 radical (unpaired) electrons. The quantitative estimate of drug-likeness (QED) is 0.308. The predicted octanol–water partition coefficient (Wildman–Crippen LogP) is 5.36. The van der Waals surface area contributed by atoms with Gasteiger partial charge in [-0.25, -0.2) is 0 Å². The number of ether oxygens (including phenoxy) is 4. The molecule has 0 bridgehead atoms. The summed E-state index contributed by atoms with van der Waals surface area (Å²) in [5.74, 6) is -1.08. The number of phenols is 1. The zero-order valence-corrected chi connectivity index (χ0v) is 22.6. The number of hydrogen-bond acceptors (Lipinski definition) is 9. The average Bonchev–Trinajstić information content (AvgIpc) is 3.44. The van der Waals surface area contributed by atoms with Gasteiger partial charge < -0.3 is 28.5 Å². The fourth-order valence-electron chi connectivity index (χ4n) is 5.13. The molecule has 0 atom stereocenters. The second kappa shape index (κ2) is 11.1. The van der Waals surface area contributed by atoms with Gasteiger partial charge in [-0.1, -0.05) is 12.1 Å². The maximum Gasteiger partial charge on any atom is 0.453 e. The Morgan fingerprint density at radius 2 is 1.62 bits per heavy atom. The molecule has 4 aromatic rings. The van der Waals surface area contributed by atoms with Crippen molar-refractivity contribution >= 4 is 11.0 Å². The van der Waals surface area contributed by atoms with Crippen LogP contribution in [0.15, 0.2) is 63.8 Å². The molecule has 1 N–H and O–H groups in total. The van der Waals surface area contributed by atoms with Crippen LogP contribution in [-0.2, 0) is 19.3 Å². The van der Waals surface area contributed by atoms with Crippen molar-refractivity contribution < 1.29 is 41.6 Å². The van der Waals surface area contributed by atoms with Crippen molar-refractivity contribution in [3.05, 3.63) is 81.7 Å². The first kappa shape index (κ1) is 27.7. The van der Waals surface area contributed by atoms with Crippen molar-refractivity contribution in [2.24, 2.45) is 0 Å². The van der Waals surface area contributed by atoms with Crippen molar-refractivity contribution in [3.8, 4) is 34.5 Å². The Balaban J connectivity index is 1.24. The summed E-state index contributed by atoms with van der Waals surface area (Å²) in [5.41, 5.74) is -0.144. The van der Waals surface area contributed by atoms with Crippen LogP contribution in [0.3, 0.4) is 0 Å². The summed E-state index contributed by atoms with van der Waals surface area (Å²) in [7, 11) is 1.40. The summed E-state index contributed by atoms with van der Waals surface area (Å²) in [6, 6.07) is 14.2. The van der Waals surface area contributed by atoms with Gasteiger partial charge >= 0.3 is 6.18 Å². The normalized spacial score (nSPS) is 15.7. The number of methoxy groups -OCH3 is 1. The number of hydrogen-bond donors (Lipinski definition) is 1. The van der Waals surface area contributed by atoms with Crippen LogP contribution in [-0.4, -0.2) is 55.0 Å². The Hall–Kier alpha value is -4.42. The summed E-state index contributed by atoms with van der Waals surface area (Å²) < 4.78 is 69.2. The van der Waals surface area contributed by atoms with E-state index in [9.17, 15) is 23.1 Å². The minimum atomic E-state index is -5.04. The smallest absolute Gasteiger partial charge is 0.453 e. The van der Waals surface area contributed by atoms with Gasteiger partial charge in [-0.3, -0.25) is 14.6 Å². The number of alkyl halides is 3. The molecule has 220 valence electrons. The fraction of sp³-hybridized carbons (Fsp3) is 0.300. The molecule has 1 fully saturated rings. The standard InChI is InChI=1S/C30H27F3N2O7/c1-38-19-3-2-4-20(14-19)41-28-26(37)21-6-7-23(36)22(27(21)42-29(28)30(31,32)33)16-35-11-9-34(10-12-35)15-18-5-8-24-25(13-18)40-17-39-24/h2-8,13-14,36H,9-12,15-17H2,1H3. The monoisotopic (exact) mass is 584 g/mol. The molecule has 0 spiro atoms. The lowest BCUT2D eigenvalue weighted by Crippen LogP contribution is -2.45. The van der Waals surface area contributed by atoms with Crippen molar-refractivity contribution in [1.29, 1.82) is 0 Å². The number of fused-ring (bicyclic) bond motifs is 2. The van der Waals surface area contributed by atoms with E-state index in [0.717, 1.165) is 11.3 Å². The maximum atomic E-state index is 14.2. The van der Waals surface area contributed by atoms with E-state index in [1.165, 1.54) is 37.4 Å². The van der Waals surface area contributed by atoms with Gasteiger partial charge in [0.1, 0.15) is 22.8 Å². The summed E-state index contributed by atoms with van der Waals surface area (Å²) in [6.07, 6.45) is -5.04. The predicted molar refractivity (Wildman–Crippen MR) is 145 cm³/mol. The van der Waals surface area contributed by atoms with Crippen LogP contribution in [0.4, 0.5) is 13.2 Å². The number of phenolic OH excluding ortho intramolecular Hbond substituents is 1. The molecule has 9 nitrogen and oxygen atoms in total. The molecule has 0 amide bonds. The minimum absolute atomic E-state index is 0.0240.